The van der Waals surface area contributed by atoms with Gasteiger partial charge in [0.2, 0.25) is 0 Å². The number of carbonyl (C=O) groups is 1. The van der Waals surface area contributed by atoms with Gasteiger partial charge >= 0.3 is 12.1 Å². The zero-order valence-electron chi connectivity index (χ0n) is 5.77. The second-order valence-electron chi connectivity index (χ2n) is 3.02. The lowest BCUT2D eigenvalue weighted by atomic mass is 10.1. The third-order valence-electron chi connectivity index (χ3n) is 2.12. The van der Waals surface area contributed by atoms with Crippen molar-refractivity contribution in [1.29, 1.82) is 0 Å². The summed E-state index contributed by atoms with van der Waals surface area (Å²) in [6.45, 7) is 1.12. The molecule has 11 heavy (non-hydrogen) atoms. The van der Waals surface area contributed by atoms with Crippen LogP contribution < -0.4 is 0 Å². The van der Waals surface area contributed by atoms with Gasteiger partial charge in [0.1, 0.15) is 0 Å². The lowest BCUT2D eigenvalue weighted by molar-refractivity contribution is -0.167. The molecule has 2 unspecified atom stereocenters. The van der Waals surface area contributed by atoms with Crippen molar-refractivity contribution >= 4 is 5.97 Å². The first kappa shape index (κ1) is 8.36. The first-order valence-electron chi connectivity index (χ1n) is 3.08. The topological polar surface area (TPSA) is 37.3 Å². The lowest BCUT2D eigenvalue weighted by Crippen LogP contribution is -2.21. The Bertz CT molecular complexity index is 198. The van der Waals surface area contributed by atoms with Crippen LogP contribution in [-0.4, -0.2) is 17.3 Å². The Morgan fingerprint density at radius 2 is 2.09 bits per heavy atom. The van der Waals surface area contributed by atoms with Crippen molar-refractivity contribution in [3.63, 3.8) is 0 Å². The Labute approximate surface area is 61.0 Å². The molecule has 64 valence electrons. The van der Waals surface area contributed by atoms with Crippen LogP contribution in [0.5, 0.6) is 0 Å². The first-order chi connectivity index (χ1) is 4.78. The van der Waals surface area contributed by atoms with Crippen molar-refractivity contribution in [2.75, 3.05) is 0 Å². The average Bonchev–Trinajstić information content (AvgIpc) is 2.41. The van der Waals surface area contributed by atoms with E-state index in [1.165, 1.54) is 0 Å². The minimum Gasteiger partial charge on any atom is -0.481 e. The Balaban J connectivity index is 2.68. The van der Waals surface area contributed by atoms with Crippen LogP contribution in [0.25, 0.3) is 0 Å². The van der Waals surface area contributed by atoms with Crippen LogP contribution >= 0.6 is 0 Å². The van der Waals surface area contributed by atoms with Crippen molar-refractivity contribution in [1.82, 2.24) is 0 Å². The second kappa shape index (κ2) is 1.89. The molecule has 0 aromatic carbocycles. The summed E-state index contributed by atoms with van der Waals surface area (Å²) in [6.07, 6.45) is -4.64. The third-order valence-corrected chi connectivity index (χ3v) is 2.12. The van der Waals surface area contributed by atoms with Crippen molar-refractivity contribution in [2.24, 2.45) is 11.3 Å². The highest BCUT2D eigenvalue weighted by Crippen LogP contribution is 2.60. The maximum absolute atomic E-state index is 11.8. The molecule has 0 spiro atoms. The molecule has 0 heterocycles. The number of aliphatic carboxylic acids is 1. The highest BCUT2D eigenvalue weighted by molar-refractivity contribution is 5.78. The minimum atomic E-state index is -4.35. The summed E-state index contributed by atoms with van der Waals surface area (Å²) in [6, 6.07) is 0. The van der Waals surface area contributed by atoms with E-state index in [0.717, 1.165) is 6.92 Å². The molecule has 1 N–H and O–H groups in total. The molecule has 0 aromatic rings. The molecule has 0 aliphatic heterocycles. The van der Waals surface area contributed by atoms with E-state index in [4.69, 9.17) is 5.11 Å². The molecule has 2 atom stereocenters. The Morgan fingerprint density at radius 3 is 2.18 bits per heavy atom. The normalized spacial score (nSPS) is 36.9. The number of carboxylic acid groups (broad SMARTS) is 1. The largest absolute Gasteiger partial charge is 0.481 e. The summed E-state index contributed by atoms with van der Waals surface area (Å²) < 4.78 is 35.5. The average molecular weight is 168 g/mol. The monoisotopic (exact) mass is 168 g/mol. The number of rotatable bonds is 1. The van der Waals surface area contributed by atoms with Crippen LogP contribution in [0, 0.1) is 11.3 Å². The third kappa shape index (κ3) is 1.19. The number of alkyl halides is 3. The standard InChI is InChI=1S/C6H7F3O2/c1-5(4(10)11)2-3(5)6(7,8)9/h3H,2H2,1H3,(H,10,11). The van der Waals surface area contributed by atoms with Crippen molar-refractivity contribution < 1.29 is 23.1 Å². The molecule has 0 saturated heterocycles. The van der Waals surface area contributed by atoms with Gasteiger partial charge in [0.25, 0.3) is 0 Å². The quantitative estimate of drug-likeness (QED) is 0.646. The fraction of sp³-hybridized carbons (Fsp3) is 0.833. The van der Waals surface area contributed by atoms with Crippen LogP contribution in [-0.2, 0) is 4.79 Å². The predicted molar refractivity (Wildman–Crippen MR) is 29.9 cm³/mol. The smallest absolute Gasteiger partial charge is 0.392 e. The Hall–Kier alpha value is -0.740. The fourth-order valence-corrected chi connectivity index (χ4v) is 1.08. The zero-order valence-corrected chi connectivity index (χ0v) is 5.77. The molecule has 1 aliphatic rings. The summed E-state index contributed by atoms with van der Waals surface area (Å²) >= 11 is 0. The lowest BCUT2D eigenvalue weighted by Gasteiger charge is -2.07. The van der Waals surface area contributed by atoms with E-state index in [-0.39, 0.29) is 6.42 Å². The SMILES string of the molecule is CC1(C(=O)O)CC1C(F)(F)F. The molecule has 1 saturated carbocycles. The zero-order chi connectivity index (χ0) is 8.86. The van der Waals surface area contributed by atoms with E-state index in [1.807, 2.05) is 0 Å². The summed E-state index contributed by atoms with van der Waals surface area (Å²) in [5.41, 5.74) is -1.56. The van der Waals surface area contributed by atoms with Gasteiger partial charge in [-0.2, -0.15) is 13.2 Å². The van der Waals surface area contributed by atoms with Gasteiger partial charge in [0.05, 0.1) is 11.3 Å². The number of hydrogen-bond donors (Lipinski definition) is 1. The summed E-state index contributed by atoms with van der Waals surface area (Å²) in [7, 11) is 0. The van der Waals surface area contributed by atoms with Gasteiger partial charge in [-0.05, 0) is 13.3 Å². The molecule has 0 aromatic heterocycles. The molecule has 5 heteroatoms. The predicted octanol–water partition coefficient (Wildman–Crippen LogP) is 1.66. The molecule has 1 fully saturated rings. The highest BCUT2D eigenvalue weighted by atomic mass is 19.4. The molecule has 2 nitrogen and oxygen atoms in total. The Kier molecular flexibility index (Phi) is 1.44. The van der Waals surface area contributed by atoms with E-state index in [2.05, 4.69) is 0 Å². The molecule has 1 rings (SSSR count). The van der Waals surface area contributed by atoms with E-state index < -0.39 is 23.5 Å². The van der Waals surface area contributed by atoms with E-state index in [0.29, 0.717) is 0 Å². The van der Waals surface area contributed by atoms with E-state index >= 15 is 0 Å². The van der Waals surface area contributed by atoms with Crippen molar-refractivity contribution in [2.45, 2.75) is 19.5 Å². The molecular formula is C6H7F3O2. The van der Waals surface area contributed by atoms with Crippen LogP contribution in [0.3, 0.4) is 0 Å². The van der Waals surface area contributed by atoms with Gasteiger partial charge < -0.3 is 5.11 Å². The van der Waals surface area contributed by atoms with Crippen LogP contribution in [0.4, 0.5) is 13.2 Å². The van der Waals surface area contributed by atoms with Gasteiger partial charge in [-0.1, -0.05) is 0 Å². The van der Waals surface area contributed by atoms with E-state index in [1.54, 1.807) is 0 Å². The maximum atomic E-state index is 11.8. The van der Waals surface area contributed by atoms with Crippen LogP contribution in [0.2, 0.25) is 0 Å². The fourth-order valence-electron chi connectivity index (χ4n) is 1.08. The molecule has 1 aliphatic carbocycles. The van der Waals surface area contributed by atoms with Crippen molar-refractivity contribution in [3.8, 4) is 0 Å². The highest BCUT2D eigenvalue weighted by Gasteiger charge is 2.68. The van der Waals surface area contributed by atoms with Gasteiger partial charge in [0, 0.05) is 0 Å². The van der Waals surface area contributed by atoms with Crippen LogP contribution in [0.15, 0.2) is 0 Å². The molecule has 0 radical (unpaired) electrons. The van der Waals surface area contributed by atoms with Gasteiger partial charge in [-0.15, -0.1) is 0 Å². The van der Waals surface area contributed by atoms with Gasteiger partial charge in [-0.25, -0.2) is 0 Å². The maximum Gasteiger partial charge on any atom is 0.392 e. The van der Waals surface area contributed by atoms with Gasteiger partial charge in [-0.3, -0.25) is 4.79 Å². The minimum absolute atomic E-state index is 0.286. The molecule has 0 amide bonds. The van der Waals surface area contributed by atoms with E-state index in [9.17, 15) is 18.0 Å². The summed E-state index contributed by atoms with van der Waals surface area (Å²) in [5, 5.41) is 8.35. The van der Waals surface area contributed by atoms with Gasteiger partial charge in [0.15, 0.2) is 0 Å². The summed E-state index contributed by atoms with van der Waals surface area (Å²) in [5.74, 6) is -3.01. The molecule has 0 bridgehead atoms. The summed E-state index contributed by atoms with van der Waals surface area (Å²) in [4.78, 5) is 10.2. The number of halogens is 3. The second-order valence-corrected chi connectivity index (χ2v) is 3.02. The van der Waals surface area contributed by atoms with Crippen molar-refractivity contribution in [3.05, 3.63) is 0 Å². The Morgan fingerprint density at radius 1 is 1.64 bits per heavy atom. The first-order valence-corrected chi connectivity index (χ1v) is 3.08. The molecular weight excluding hydrogens is 161 g/mol. The number of hydrogen-bond acceptors (Lipinski definition) is 1. The van der Waals surface area contributed by atoms with Crippen LogP contribution in [0.1, 0.15) is 13.3 Å². The number of carboxylic acids is 1.